The second-order valence-electron chi connectivity index (χ2n) is 5.84. The molecule has 1 fully saturated rings. The van der Waals surface area contributed by atoms with E-state index in [0.29, 0.717) is 19.6 Å². The topological polar surface area (TPSA) is 56.8 Å². The van der Waals surface area contributed by atoms with Gasteiger partial charge in [0.05, 0.1) is 25.9 Å². The van der Waals surface area contributed by atoms with Crippen molar-refractivity contribution in [3.05, 3.63) is 0 Å². The lowest BCUT2D eigenvalue weighted by Crippen LogP contribution is -2.53. The van der Waals surface area contributed by atoms with Gasteiger partial charge in [0.2, 0.25) is 0 Å². The normalized spacial score (nSPS) is 27.8. The summed E-state index contributed by atoms with van der Waals surface area (Å²) < 4.78 is 16.3. The van der Waals surface area contributed by atoms with E-state index in [0.717, 1.165) is 12.8 Å². The van der Waals surface area contributed by atoms with Crippen LogP contribution in [0.1, 0.15) is 47.0 Å². The van der Waals surface area contributed by atoms with Gasteiger partial charge < -0.3 is 14.2 Å². The van der Waals surface area contributed by atoms with Gasteiger partial charge in [-0.2, -0.15) is 0 Å². The van der Waals surface area contributed by atoms with Crippen LogP contribution >= 0.6 is 0 Å². The van der Waals surface area contributed by atoms with Crippen molar-refractivity contribution in [2.75, 3.05) is 20.3 Å². The second kappa shape index (κ2) is 7.96. The predicted molar refractivity (Wildman–Crippen MR) is 77.7 cm³/mol. The van der Waals surface area contributed by atoms with Gasteiger partial charge in [0, 0.05) is 19.1 Å². The van der Waals surface area contributed by atoms with E-state index >= 15 is 0 Å². The standard InChI is InChI=1S/C15H29NO4/c1-6-19-10-12(4)20-13-7-8-15(9-13,14(17)18-5)16-11(2)3/h11-13,16H,6-10H2,1-5H3. The van der Waals surface area contributed by atoms with Crippen molar-refractivity contribution in [3.8, 4) is 0 Å². The summed E-state index contributed by atoms with van der Waals surface area (Å²) in [4.78, 5) is 12.1. The van der Waals surface area contributed by atoms with Crippen molar-refractivity contribution in [2.24, 2.45) is 0 Å². The molecular weight excluding hydrogens is 258 g/mol. The van der Waals surface area contributed by atoms with Gasteiger partial charge in [-0.25, -0.2) is 0 Å². The van der Waals surface area contributed by atoms with Gasteiger partial charge >= 0.3 is 5.97 Å². The Morgan fingerprint density at radius 3 is 2.65 bits per heavy atom. The third-order valence-corrected chi connectivity index (χ3v) is 3.59. The average Bonchev–Trinajstić information content (AvgIpc) is 2.78. The van der Waals surface area contributed by atoms with Crippen LogP contribution in [0.15, 0.2) is 0 Å². The Morgan fingerprint density at radius 1 is 1.40 bits per heavy atom. The van der Waals surface area contributed by atoms with Crippen molar-refractivity contribution in [1.82, 2.24) is 5.32 Å². The number of ether oxygens (including phenoxy) is 3. The lowest BCUT2D eigenvalue weighted by atomic mass is 9.96. The molecule has 0 aromatic rings. The number of nitrogens with one attached hydrogen (secondary N) is 1. The van der Waals surface area contributed by atoms with E-state index in [1.54, 1.807) is 0 Å². The van der Waals surface area contributed by atoms with Crippen molar-refractivity contribution < 1.29 is 19.0 Å². The first-order chi connectivity index (χ1) is 9.43. The summed E-state index contributed by atoms with van der Waals surface area (Å²) in [7, 11) is 1.44. The van der Waals surface area contributed by atoms with Gasteiger partial charge in [0.1, 0.15) is 5.54 Å². The molecule has 5 nitrogen and oxygen atoms in total. The van der Waals surface area contributed by atoms with Crippen molar-refractivity contribution in [1.29, 1.82) is 0 Å². The minimum atomic E-state index is -0.598. The van der Waals surface area contributed by atoms with E-state index < -0.39 is 5.54 Å². The van der Waals surface area contributed by atoms with Crippen LogP contribution in [0.25, 0.3) is 0 Å². The molecule has 1 saturated carbocycles. The van der Waals surface area contributed by atoms with Crippen LogP contribution < -0.4 is 5.32 Å². The van der Waals surface area contributed by atoms with Crippen molar-refractivity contribution >= 4 is 5.97 Å². The Bertz CT molecular complexity index is 308. The fourth-order valence-electron chi connectivity index (χ4n) is 2.89. The Morgan fingerprint density at radius 2 is 2.10 bits per heavy atom. The smallest absolute Gasteiger partial charge is 0.326 e. The number of methoxy groups -OCH3 is 1. The molecule has 0 aromatic carbocycles. The highest BCUT2D eigenvalue weighted by molar-refractivity contribution is 5.81. The number of hydrogen-bond donors (Lipinski definition) is 1. The summed E-state index contributed by atoms with van der Waals surface area (Å²) in [5, 5.41) is 3.37. The van der Waals surface area contributed by atoms with Gasteiger partial charge in [-0.05, 0) is 40.5 Å². The first-order valence-electron chi connectivity index (χ1n) is 7.52. The van der Waals surface area contributed by atoms with E-state index in [1.807, 2.05) is 27.7 Å². The lowest BCUT2D eigenvalue weighted by molar-refractivity contribution is -0.149. The maximum Gasteiger partial charge on any atom is 0.326 e. The molecule has 20 heavy (non-hydrogen) atoms. The molecule has 3 unspecified atom stereocenters. The molecule has 1 rings (SSSR count). The Balaban J connectivity index is 2.58. The molecule has 0 aliphatic heterocycles. The average molecular weight is 287 g/mol. The van der Waals surface area contributed by atoms with E-state index in [1.165, 1.54) is 7.11 Å². The van der Waals surface area contributed by atoms with Crippen LogP contribution in [0, 0.1) is 0 Å². The molecule has 0 heterocycles. The summed E-state index contributed by atoms with van der Waals surface area (Å²) in [6.07, 6.45) is 2.41. The second-order valence-corrected chi connectivity index (χ2v) is 5.84. The summed E-state index contributed by atoms with van der Waals surface area (Å²) in [6.45, 7) is 9.34. The van der Waals surface area contributed by atoms with Crippen molar-refractivity contribution in [2.45, 2.75) is 70.7 Å². The SMILES string of the molecule is CCOCC(C)OC1CCC(NC(C)C)(C(=O)OC)C1. The predicted octanol–water partition coefficient (Wildman–Crippen LogP) is 1.89. The zero-order valence-corrected chi connectivity index (χ0v) is 13.4. The molecule has 0 saturated heterocycles. The number of esters is 1. The van der Waals surface area contributed by atoms with Crippen LogP contribution in [0.5, 0.6) is 0 Å². The lowest BCUT2D eigenvalue weighted by Gasteiger charge is -2.30. The first-order valence-corrected chi connectivity index (χ1v) is 7.52. The number of rotatable bonds is 8. The van der Waals surface area contributed by atoms with E-state index in [-0.39, 0.29) is 24.2 Å². The highest BCUT2D eigenvalue weighted by Gasteiger charge is 2.47. The molecule has 0 bridgehead atoms. The zero-order chi connectivity index (χ0) is 15.2. The van der Waals surface area contributed by atoms with Gasteiger partial charge in [-0.1, -0.05) is 0 Å². The monoisotopic (exact) mass is 287 g/mol. The Labute approximate surface area is 122 Å². The summed E-state index contributed by atoms with van der Waals surface area (Å²) in [5.74, 6) is -0.185. The van der Waals surface area contributed by atoms with Crippen molar-refractivity contribution in [3.63, 3.8) is 0 Å². The van der Waals surface area contributed by atoms with Gasteiger partial charge in [-0.3, -0.25) is 10.1 Å². The molecule has 1 aliphatic carbocycles. The number of carbonyl (C=O) groups excluding carboxylic acids is 1. The minimum absolute atomic E-state index is 0.0486. The molecule has 3 atom stereocenters. The molecule has 118 valence electrons. The Hall–Kier alpha value is -0.650. The summed E-state index contributed by atoms with van der Waals surface area (Å²) in [6, 6.07) is 0.230. The van der Waals surface area contributed by atoms with Gasteiger partial charge in [0.25, 0.3) is 0 Å². The quantitative estimate of drug-likeness (QED) is 0.691. The largest absolute Gasteiger partial charge is 0.468 e. The molecule has 1 N–H and O–H groups in total. The minimum Gasteiger partial charge on any atom is -0.468 e. The van der Waals surface area contributed by atoms with Crippen LogP contribution in [-0.2, 0) is 19.0 Å². The highest BCUT2D eigenvalue weighted by atomic mass is 16.5. The summed E-state index contributed by atoms with van der Waals surface area (Å²) in [5.41, 5.74) is -0.598. The molecule has 0 amide bonds. The Kier molecular flexibility index (Phi) is 6.92. The maximum atomic E-state index is 12.1. The molecule has 5 heteroatoms. The zero-order valence-electron chi connectivity index (χ0n) is 13.4. The third-order valence-electron chi connectivity index (χ3n) is 3.59. The van der Waals surface area contributed by atoms with Gasteiger partial charge in [-0.15, -0.1) is 0 Å². The maximum absolute atomic E-state index is 12.1. The van der Waals surface area contributed by atoms with E-state index in [4.69, 9.17) is 14.2 Å². The van der Waals surface area contributed by atoms with Crippen LogP contribution in [-0.4, -0.2) is 50.1 Å². The summed E-state index contributed by atoms with van der Waals surface area (Å²) >= 11 is 0. The number of carbonyl (C=O) groups is 1. The molecule has 1 aliphatic rings. The fourth-order valence-corrected chi connectivity index (χ4v) is 2.89. The molecule has 0 aromatic heterocycles. The van der Waals surface area contributed by atoms with Gasteiger partial charge in [0.15, 0.2) is 0 Å². The molecular formula is C15H29NO4. The van der Waals surface area contributed by atoms with Crippen LogP contribution in [0.4, 0.5) is 0 Å². The van der Waals surface area contributed by atoms with Crippen LogP contribution in [0.2, 0.25) is 0 Å². The van der Waals surface area contributed by atoms with Crippen LogP contribution in [0.3, 0.4) is 0 Å². The third kappa shape index (κ3) is 4.72. The number of hydrogen-bond acceptors (Lipinski definition) is 5. The fraction of sp³-hybridized carbons (Fsp3) is 0.933. The highest BCUT2D eigenvalue weighted by Crippen LogP contribution is 2.34. The molecule has 0 spiro atoms. The molecule has 0 radical (unpaired) electrons. The van der Waals surface area contributed by atoms with E-state index in [2.05, 4.69) is 5.32 Å². The van der Waals surface area contributed by atoms with E-state index in [9.17, 15) is 4.79 Å². The first kappa shape index (κ1) is 17.4.